The fraction of sp³-hybridized carbons (Fsp3) is 0.438. The molecule has 1 heterocycles. The first kappa shape index (κ1) is 19.7. The Labute approximate surface area is 148 Å². The molecule has 0 bridgehead atoms. The monoisotopic (exact) mass is 372 g/mol. The molecule has 0 saturated carbocycles. The summed E-state index contributed by atoms with van der Waals surface area (Å²) in [6.45, 7) is 4.22. The van der Waals surface area contributed by atoms with Crippen LogP contribution < -0.4 is 10.1 Å². The normalized spacial score (nSPS) is 11.8. The number of likely N-dealkylation sites (N-methyl/N-ethyl adjacent to an activating group) is 1. The number of halogens is 3. The Bertz CT molecular complexity index is 729. The fourth-order valence-corrected chi connectivity index (χ4v) is 2.04. The van der Waals surface area contributed by atoms with E-state index in [1.165, 1.54) is 12.1 Å². The predicted octanol–water partition coefficient (Wildman–Crippen LogP) is 3.16. The van der Waals surface area contributed by atoms with Gasteiger partial charge in [-0.15, -0.1) is 13.2 Å². The Hall–Kier alpha value is -2.62. The third-order valence-electron chi connectivity index (χ3n) is 3.19. The van der Waals surface area contributed by atoms with Crippen LogP contribution in [0, 0.1) is 0 Å². The number of rotatable bonds is 7. The van der Waals surface area contributed by atoms with Gasteiger partial charge in [0.15, 0.2) is 5.82 Å². The number of carbonyl (C=O) groups excluding carboxylic acids is 1. The zero-order valence-corrected chi connectivity index (χ0v) is 14.5. The number of hydrogen-bond acceptors (Lipinski definition) is 6. The van der Waals surface area contributed by atoms with Gasteiger partial charge in [-0.05, 0) is 31.3 Å². The van der Waals surface area contributed by atoms with Crippen molar-refractivity contribution in [3.05, 3.63) is 36.0 Å². The lowest BCUT2D eigenvalue weighted by Gasteiger charge is -2.14. The zero-order valence-electron chi connectivity index (χ0n) is 14.5. The van der Waals surface area contributed by atoms with Crippen LogP contribution in [0.4, 0.5) is 18.9 Å². The minimum Gasteiger partial charge on any atom is -0.406 e. The third-order valence-corrected chi connectivity index (χ3v) is 3.19. The van der Waals surface area contributed by atoms with Crippen LogP contribution in [0.25, 0.3) is 0 Å². The molecule has 0 spiro atoms. The maximum absolute atomic E-state index is 12.1. The molecule has 10 heteroatoms. The second kappa shape index (κ2) is 8.17. The quantitative estimate of drug-likeness (QED) is 0.804. The molecule has 0 radical (unpaired) electrons. The molecule has 1 N–H and O–H groups in total. The maximum atomic E-state index is 12.1. The van der Waals surface area contributed by atoms with Gasteiger partial charge < -0.3 is 14.6 Å². The summed E-state index contributed by atoms with van der Waals surface area (Å²) in [6, 6.07) is 4.90. The lowest BCUT2D eigenvalue weighted by Crippen LogP contribution is -2.30. The molecule has 0 unspecified atom stereocenters. The Morgan fingerprint density at radius 2 is 1.96 bits per heavy atom. The molecule has 0 aliphatic rings. The van der Waals surface area contributed by atoms with Crippen LogP contribution in [0.2, 0.25) is 0 Å². The van der Waals surface area contributed by atoms with E-state index in [0.29, 0.717) is 23.9 Å². The van der Waals surface area contributed by atoms with Crippen molar-refractivity contribution < 1.29 is 27.2 Å². The van der Waals surface area contributed by atoms with Crippen LogP contribution in [0.15, 0.2) is 28.8 Å². The van der Waals surface area contributed by atoms with Gasteiger partial charge >= 0.3 is 6.36 Å². The molecule has 0 aliphatic heterocycles. The second-order valence-electron chi connectivity index (χ2n) is 5.99. The average molecular weight is 372 g/mol. The lowest BCUT2D eigenvalue weighted by molar-refractivity contribution is -0.274. The molecule has 2 rings (SSSR count). The summed E-state index contributed by atoms with van der Waals surface area (Å²) in [5.41, 5.74) is 0.359. The summed E-state index contributed by atoms with van der Waals surface area (Å²) in [5.74, 6) is 0.452. The molecular weight excluding hydrogens is 353 g/mol. The Morgan fingerprint density at radius 3 is 2.50 bits per heavy atom. The summed E-state index contributed by atoms with van der Waals surface area (Å²) >= 11 is 0. The van der Waals surface area contributed by atoms with E-state index in [-0.39, 0.29) is 24.1 Å². The second-order valence-corrected chi connectivity index (χ2v) is 5.99. The van der Waals surface area contributed by atoms with Crippen LogP contribution in [-0.2, 0) is 11.3 Å². The van der Waals surface area contributed by atoms with Crippen molar-refractivity contribution in [2.45, 2.75) is 32.7 Å². The number of benzene rings is 1. The van der Waals surface area contributed by atoms with E-state index in [0.717, 1.165) is 12.1 Å². The van der Waals surface area contributed by atoms with Gasteiger partial charge in [-0.1, -0.05) is 19.0 Å². The molecule has 7 nitrogen and oxygen atoms in total. The molecule has 0 saturated heterocycles. The van der Waals surface area contributed by atoms with E-state index in [1.807, 2.05) is 13.8 Å². The number of nitrogens with zero attached hydrogens (tertiary/aromatic N) is 3. The molecule has 1 aromatic carbocycles. The number of hydrogen-bond donors (Lipinski definition) is 1. The first-order valence-electron chi connectivity index (χ1n) is 7.79. The van der Waals surface area contributed by atoms with Crippen LogP contribution >= 0.6 is 0 Å². The van der Waals surface area contributed by atoms with Crippen LogP contribution in [-0.4, -0.2) is 40.9 Å². The van der Waals surface area contributed by atoms with Crippen molar-refractivity contribution in [1.29, 1.82) is 0 Å². The highest BCUT2D eigenvalue weighted by Crippen LogP contribution is 2.23. The Kier molecular flexibility index (Phi) is 6.19. The number of anilines is 1. The highest BCUT2D eigenvalue weighted by atomic mass is 19.4. The minimum atomic E-state index is -4.75. The van der Waals surface area contributed by atoms with Gasteiger partial charge in [-0.25, -0.2) is 0 Å². The van der Waals surface area contributed by atoms with Crippen molar-refractivity contribution in [2.24, 2.45) is 0 Å². The van der Waals surface area contributed by atoms with Gasteiger partial charge in [0.05, 0.1) is 13.1 Å². The summed E-state index contributed by atoms with van der Waals surface area (Å²) in [4.78, 5) is 17.9. The fourth-order valence-electron chi connectivity index (χ4n) is 2.04. The number of carbonyl (C=O) groups is 1. The summed E-state index contributed by atoms with van der Waals surface area (Å²) in [5, 5.41) is 6.43. The van der Waals surface area contributed by atoms with Crippen molar-refractivity contribution in [3.63, 3.8) is 0 Å². The molecule has 0 fully saturated rings. The summed E-state index contributed by atoms with van der Waals surface area (Å²) < 4.78 is 45.2. The molecule has 0 aliphatic carbocycles. The van der Waals surface area contributed by atoms with Gasteiger partial charge in [0, 0.05) is 11.6 Å². The molecular formula is C16H19F3N4O3. The topological polar surface area (TPSA) is 80.5 Å². The first-order valence-corrected chi connectivity index (χ1v) is 7.79. The van der Waals surface area contributed by atoms with Gasteiger partial charge in [0.25, 0.3) is 0 Å². The molecule has 1 amide bonds. The number of ether oxygens (including phenoxy) is 1. The molecule has 26 heavy (non-hydrogen) atoms. The zero-order chi connectivity index (χ0) is 19.3. The largest absolute Gasteiger partial charge is 0.573 e. The first-order chi connectivity index (χ1) is 12.1. The number of amides is 1. The number of nitrogens with one attached hydrogen (secondary N) is 1. The summed E-state index contributed by atoms with van der Waals surface area (Å²) in [6.07, 6.45) is -4.75. The Morgan fingerprint density at radius 1 is 1.31 bits per heavy atom. The smallest absolute Gasteiger partial charge is 0.406 e. The van der Waals surface area contributed by atoms with E-state index in [4.69, 9.17) is 4.52 Å². The Balaban J connectivity index is 1.83. The highest BCUT2D eigenvalue weighted by Gasteiger charge is 2.30. The van der Waals surface area contributed by atoms with Crippen LogP contribution in [0.3, 0.4) is 0 Å². The lowest BCUT2D eigenvalue weighted by atomic mass is 10.2. The van der Waals surface area contributed by atoms with Gasteiger partial charge in [-0.2, -0.15) is 4.98 Å². The van der Waals surface area contributed by atoms with E-state index in [2.05, 4.69) is 20.2 Å². The molecule has 0 atom stereocenters. The maximum Gasteiger partial charge on any atom is 0.573 e. The number of aromatic nitrogens is 2. The minimum absolute atomic E-state index is 0.0419. The van der Waals surface area contributed by atoms with E-state index < -0.39 is 6.36 Å². The van der Waals surface area contributed by atoms with Crippen LogP contribution in [0.5, 0.6) is 5.75 Å². The SMILES string of the molecule is CC(C)c1noc(CN(C)CC(=O)Nc2ccc(OC(F)(F)F)cc2)n1. The number of alkyl halides is 3. The van der Waals surface area contributed by atoms with Crippen LogP contribution in [0.1, 0.15) is 31.5 Å². The predicted molar refractivity (Wildman–Crippen MR) is 86.5 cm³/mol. The molecule has 1 aromatic heterocycles. The van der Waals surface area contributed by atoms with E-state index in [9.17, 15) is 18.0 Å². The van der Waals surface area contributed by atoms with Crippen molar-refractivity contribution >= 4 is 11.6 Å². The van der Waals surface area contributed by atoms with E-state index in [1.54, 1.807) is 11.9 Å². The molecule has 2 aromatic rings. The van der Waals surface area contributed by atoms with Gasteiger partial charge in [0.1, 0.15) is 5.75 Å². The van der Waals surface area contributed by atoms with Crippen molar-refractivity contribution in [3.8, 4) is 5.75 Å². The highest BCUT2D eigenvalue weighted by molar-refractivity contribution is 5.92. The van der Waals surface area contributed by atoms with E-state index >= 15 is 0 Å². The molecule has 142 valence electrons. The average Bonchev–Trinajstić information content (AvgIpc) is 2.96. The van der Waals surface area contributed by atoms with Gasteiger partial charge in [0.2, 0.25) is 11.8 Å². The third kappa shape index (κ3) is 6.36. The summed E-state index contributed by atoms with van der Waals surface area (Å²) in [7, 11) is 1.71. The van der Waals surface area contributed by atoms with Gasteiger partial charge in [-0.3, -0.25) is 9.69 Å². The standard InChI is InChI=1S/C16H19F3N4O3/c1-10(2)15-21-14(26-22-15)9-23(3)8-13(24)20-11-4-6-12(7-5-11)25-16(17,18)19/h4-7,10H,8-9H2,1-3H3,(H,20,24). The van der Waals surface area contributed by atoms with Crippen molar-refractivity contribution in [1.82, 2.24) is 15.0 Å². The van der Waals surface area contributed by atoms with Crippen molar-refractivity contribution in [2.75, 3.05) is 18.9 Å².